The number of nitriles is 1. The van der Waals surface area contributed by atoms with Gasteiger partial charge in [-0.25, -0.2) is 0 Å². The molecule has 0 spiro atoms. The minimum Gasteiger partial charge on any atom is -0.401 e. The molecule has 0 bridgehead atoms. The van der Waals surface area contributed by atoms with Crippen molar-refractivity contribution in [2.24, 2.45) is 0 Å². The smallest absolute Gasteiger partial charge is 0.193 e. The average Bonchev–Trinajstić information content (AvgIpc) is 2.01. The fourth-order valence-corrected chi connectivity index (χ4v) is 2.27. The summed E-state index contributed by atoms with van der Waals surface area (Å²) in [6.07, 6.45) is 0.431. The zero-order valence-corrected chi connectivity index (χ0v) is 11.7. The van der Waals surface area contributed by atoms with Crippen LogP contribution in [0.2, 0.25) is 18.1 Å². The second-order valence-electron chi connectivity index (χ2n) is 5.01. The molecule has 0 aliphatic rings. The van der Waals surface area contributed by atoms with E-state index in [-0.39, 0.29) is 11.1 Å². The molecule has 14 heavy (non-hydrogen) atoms. The average molecular weight is 231 g/mol. The van der Waals surface area contributed by atoms with E-state index in [4.69, 9.17) is 9.69 Å². The third kappa shape index (κ3) is 4.03. The van der Waals surface area contributed by atoms with E-state index in [0.717, 1.165) is 0 Å². The number of rotatable bonds is 4. The number of nitrogens with zero attached hydrogens (tertiary/aromatic N) is 1. The van der Waals surface area contributed by atoms with Gasteiger partial charge in [-0.1, -0.05) is 20.8 Å². The highest BCUT2D eigenvalue weighted by Gasteiger charge is 2.38. The molecule has 0 fully saturated rings. The Labute approximate surface area is 94.2 Å². The van der Waals surface area contributed by atoms with Gasteiger partial charge in [0.1, 0.15) is 6.10 Å². The van der Waals surface area contributed by atoms with Gasteiger partial charge in [-0.15, -0.1) is 0 Å². The van der Waals surface area contributed by atoms with Crippen LogP contribution in [0, 0.1) is 11.3 Å². The van der Waals surface area contributed by atoms with E-state index in [0.29, 0.717) is 12.2 Å². The van der Waals surface area contributed by atoms with Crippen molar-refractivity contribution in [1.29, 1.82) is 5.26 Å². The zero-order chi connectivity index (χ0) is 11.4. The molecule has 0 amide bonds. The second-order valence-corrected chi connectivity index (χ2v) is 10.2. The van der Waals surface area contributed by atoms with E-state index in [1.54, 1.807) is 0 Å². The minimum atomic E-state index is -1.78. The van der Waals surface area contributed by atoms with Gasteiger partial charge in [0.05, 0.1) is 6.07 Å². The van der Waals surface area contributed by atoms with E-state index in [2.05, 4.69) is 52.6 Å². The van der Waals surface area contributed by atoms with Crippen LogP contribution in [-0.4, -0.2) is 20.2 Å². The summed E-state index contributed by atoms with van der Waals surface area (Å²) in [7, 11) is -1.78. The maximum atomic E-state index is 8.90. The Kier molecular flexibility index (Phi) is 5.20. The van der Waals surface area contributed by atoms with Crippen molar-refractivity contribution in [3.63, 3.8) is 0 Å². The molecule has 0 N–H and O–H groups in total. The maximum absolute atomic E-state index is 8.90. The van der Waals surface area contributed by atoms with Gasteiger partial charge in [0.2, 0.25) is 0 Å². The van der Waals surface area contributed by atoms with Crippen molar-refractivity contribution in [3.05, 3.63) is 0 Å². The third-order valence-corrected chi connectivity index (χ3v) is 7.52. The van der Waals surface area contributed by atoms with Gasteiger partial charge in [0, 0.05) is 0 Å². The molecule has 4 heteroatoms. The van der Waals surface area contributed by atoms with Gasteiger partial charge in [0.25, 0.3) is 0 Å². The Hall–Kier alpha value is 0.0169. The van der Waals surface area contributed by atoms with Crippen LogP contribution in [0.15, 0.2) is 0 Å². The SMILES string of the molecule is CC(C)(C)[Si](C)(C)OC(C#N)CCS. The van der Waals surface area contributed by atoms with Crippen LogP contribution >= 0.6 is 12.6 Å². The van der Waals surface area contributed by atoms with E-state index >= 15 is 0 Å². The third-order valence-electron chi connectivity index (χ3n) is 2.78. The lowest BCUT2D eigenvalue weighted by Gasteiger charge is -2.37. The predicted octanol–water partition coefficient (Wildman–Crippen LogP) is 3.22. The molecule has 0 radical (unpaired) electrons. The Bertz CT molecular complexity index is 217. The summed E-state index contributed by atoms with van der Waals surface area (Å²) in [5.41, 5.74) is 0. The van der Waals surface area contributed by atoms with Crippen LogP contribution in [0.4, 0.5) is 0 Å². The van der Waals surface area contributed by atoms with Crippen molar-refractivity contribution in [1.82, 2.24) is 0 Å². The van der Waals surface area contributed by atoms with Crippen molar-refractivity contribution < 1.29 is 4.43 Å². The largest absolute Gasteiger partial charge is 0.401 e. The molecule has 0 aliphatic heterocycles. The zero-order valence-electron chi connectivity index (χ0n) is 9.79. The van der Waals surface area contributed by atoms with Crippen molar-refractivity contribution in [2.75, 3.05) is 5.75 Å². The highest BCUT2D eigenvalue weighted by Crippen LogP contribution is 2.37. The van der Waals surface area contributed by atoms with Gasteiger partial charge in [-0.3, -0.25) is 0 Å². The van der Waals surface area contributed by atoms with E-state index in [1.807, 2.05) is 0 Å². The molecule has 0 saturated heterocycles. The summed E-state index contributed by atoms with van der Waals surface area (Å²) in [6.45, 7) is 10.8. The molecule has 0 rings (SSSR count). The minimum absolute atomic E-state index is 0.165. The van der Waals surface area contributed by atoms with Crippen molar-refractivity contribution >= 4 is 20.9 Å². The normalized spacial score (nSPS) is 14.9. The van der Waals surface area contributed by atoms with Crippen molar-refractivity contribution in [2.45, 2.75) is 51.4 Å². The first-order valence-electron chi connectivity index (χ1n) is 4.93. The predicted molar refractivity (Wildman–Crippen MR) is 66.2 cm³/mol. The Morgan fingerprint density at radius 3 is 2.21 bits per heavy atom. The van der Waals surface area contributed by atoms with Gasteiger partial charge in [-0.2, -0.15) is 17.9 Å². The van der Waals surface area contributed by atoms with Crippen molar-refractivity contribution in [3.8, 4) is 6.07 Å². The number of hydrogen-bond acceptors (Lipinski definition) is 3. The summed E-state index contributed by atoms with van der Waals surface area (Å²) >= 11 is 4.12. The summed E-state index contributed by atoms with van der Waals surface area (Å²) in [5, 5.41) is 9.06. The molecule has 1 unspecified atom stereocenters. The molecule has 0 aromatic heterocycles. The first-order chi connectivity index (χ1) is 6.24. The standard InChI is InChI=1S/C10H21NOSSi/c1-10(2,3)14(4,5)12-9(8-11)6-7-13/h9,13H,6-7H2,1-5H3. The van der Waals surface area contributed by atoms with Gasteiger partial charge in [-0.05, 0) is 30.3 Å². The highest BCUT2D eigenvalue weighted by molar-refractivity contribution is 7.80. The molecule has 1 atom stereocenters. The van der Waals surface area contributed by atoms with Gasteiger partial charge in [0.15, 0.2) is 8.32 Å². The lowest BCUT2D eigenvalue weighted by atomic mass is 10.2. The fraction of sp³-hybridized carbons (Fsp3) is 0.900. The molecular weight excluding hydrogens is 210 g/mol. The summed E-state index contributed by atoms with van der Waals surface area (Å²) in [6, 6.07) is 2.19. The van der Waals surface area contributed by atoms with Gasteiger partial charge < -0.3 is 4.43 Å². The van der Waals surface area contributed by atoms with Crippen LogP contribution in [0.25, 0.3) is 0 Å². The lowest BCUT2D eigenvalue weighted by molar-refractivity contribution is 0.228. The molecule has 0 saturated carbocycles. The number of thiol groups is 1. The molecule has 0 aliphatic carbocycles. The Morgan fingerprint density at radius 1 is 1.43 bits per heavy atom. The van der Waals surface area contributed by atoms with Crippen LogP contribution in [-0.2, 0) is 4.43 Å². The maximum Gasteiger partial charge on any atom is 0.193 e. The quantitative estimate of drug-likeness (QED) is 0.595. The van der Waals surface area contributed by atoms with Crippen LogP contribution < -0.4 is 0 Å². The fourth-order valence-electron chi connectivity index (χ4n) is 0.800. The molecular formula is C10H21NOSSi. The summed E-state index contributed by atoms with van der Waals surface area (Å²) < 4.78 is 5.92. The Balaban J connectivity index is 4.42. The Morgan fingerprint density at radius 2 is 1.93 bits per heavy atom. The number of hydrogen-bond donors (Lipinski definition) is 1. The molecule has 2 nitrogen and oxygen atoms in total. The highest BCUT2D eigenvalue weighted by atomic mass is 32.1. The van der Waals surface area contributed by atoms with Crippen LogP contribution in [0.3, 0.4) is 0 Å². The summed E-state index contributed by atoms with van der Waals surface area (Å²) in [5.74, 6) is 0.701. The molecule has 0 aromatic carbocycles. The lowest BCUT2D eigenvalue weighted by Crippen LogP contribution is -2.43. The van der Waals surface area contributed by atoms with E-state index < -0.39 is 8.32 Å². The summed E-state index contributed by atoms with van der Waals surface area (Å²) in [4.78, 5) is 0. The first-order valence-corrected chi connectivity index (χ1v) is 8.47. The second kappa shape index (κ2) is 5.20. The van der Waals surface area contributed by atoms with E-state index in [9.17, 15) is 0 Å². The monoisotopic (exact) mass is 231 g/mol. The molecule has 0 heterocycles. The van der Waals surface area contributed by atoms with E-state index in [1.165, 1.54) is 0 Å². The van der Waals surface area contributed by atoms with Gasteiger partial charge >= 0.3 is 0 Å². The topological polar surface area (TPSA) is 33.0 Å². The van der Waals surface area contributed by atoms with Crippen LogP contribution in [0.1, 0.15) is 27.2 Å². The molecule has 0 aromatic rings. The first kappa shape index (κ1) is 14.0. The molecule has 82 valence electrons. The van der Waals surface area contributed by atoms with Crippen LogP contribution in [0.5, 0.6) is 0 Å².